The number of carbonyl (C=O) groups is 3. The maximum absolute atomic E-state index is 12.9. The predicted molar refractivity (Wildman–Crippen MR) is 123 cm³/mol. The second-order valence-electron chi connectivity index (χ2n) is 9.33. The number of methoxy groups -OCH3 is 1. The van der Waals surface area contributed by atoms with Gasteiger partial charge in [0, 0.05) is 18.9 Å². The fraction of sp³-hybridized carbons (Fsp3) is 0.720. The number of Topliss-reactive ketones (excluding diaryl/α,β-unsaturated/α-hetero) is 1. The van der Waals surface area contributed by atoms with Gasteiger partial charge in [0.25, 0.3) is 0 Å². The number of allylic oxidation sites excluding steroid dienone is 2. The lowest BCUT2D eigenvalue weighted by Crippen LogP contribution is -2.39. The molecule has 0 spiro atoms. The molecule has 0 aromatic carbocycles. The van der Waals surface area contributed by atoms with E-state index in [9.17, 15) is 24.6 Å². The molecule has 0 radical (unpaired) electrons. The number of rotatable bonds is 8. The fourth-order valence-electron chi connectivity index (χ4n) is 4.22. The van der Waals surface area contributed by atoms with Crippen molar-refractivity contribution in [2.24, 2.45) is 23.7 Å². The number of aliphatic hydroxyl groups is 2. The minimum Gasteiger partial charge on any atom is -0.481 e. The number of esters is 1. The molecule has 0 amide bonds. The number of carbonyl (C=O) groups excluding carboxylic acids is 2. The van der Waals surface area contributed by atoms with Crippen LogP contribution in [0.25, 0.3) is 0 Å². The van der Waals surface area contributed by atoms with Crippen LogP contribution in [-0.4, -0.2) is 64.6 Å². The van der Waals surface area contributed by atoms with Gasteiger partial charge in [0.05, 0.1) is 12.5 Å². The van der Waals surface area contributed by atoms with Gasteiger partial charge in [-0.2, -0.15) is 0 Å². The highest BCUT2D eigenvalue weighted by Gasteiger charge is 2.32. The highest BCUT2D eigenvalue weighted by Crippen LogP contribution is 2.27. The Morgan fingerprint density at radius 1 is 1.21 bits per heavy atom. The Morgan fingerprint density at radius 2 is 1.85 bits per heavy atom. The van der Waals surface area contributed by atoms with E-state index in [0.29, 0.717) is 5.57 Å². The molecule has 0 aliphatic carbocycles. The highest BCUT2D eigenvalue weighted by atomic mass is 16.6. The summed E-state index contributed by atoms with van der Waals surface area (Å²) in [7, 11) is 1.38. The van der Waals surface area contributed by atoms with Crippen LogP contribution < -0.4 is 0 Å². The summed E-state index contributed by atoms with van der Waals surface area (Å²) in [6.07, 6.45) is 2.76. The number of ether oxygens (including phenoxy) is 2. The number of aliphatic carboxylic acids is 1. The van der Waals surface area contributed by atoms with Crippen molar-refractivity contribution in [3.63, 3.8) is 0 Å². The summed E-state index contributed by atoms with van der Waals surface area (Å²) in [5.74, 6) is -3.20. The second-order valence-corrected chi connectivity index (χ2v) is 9.33. The Balaban J connectivity index is 3.09. The maximum atomic E-state index is 12.9. The number of hydrogen-bond acceptors (Lipinski definition) is 7. The SMILES string of the molecule is CO[C@@H](CC(=O)O)[C@@H](C)C(=O)[C@H](C)/C=C(\C)[C@H]1OC(=O)[C@H](O)[C@H](O)/C=C/[C@H](C)CCC[C@@H]1C. The minimum atomic E-state index is -1.70. The minimum absolute atomic E-state index is 0.0661. The largest absolute Gasteiger partial charge is 0.481 e. The van der Waals surface area contributed by atoms with E-state index in [1.54, 1.807) is 32.9 Å². The van der Waals surface area contributed by atoms with Gasteiger partial charge >= 0.3 is 11.9 Å². The molecule has 3 N–H and O–H groups in total. The summed E-state index contributed by atoms with van der Waals surface area (Å²) in [5, 5.41) is 29.3. The average Bonchev–Trinajstić information content (AvgIpc) is 2.76. The monoisotopic (exact) mass is 468 g/mol. The number of ketones is 1. The molecule has 0 aromatic heterocycles. The molecule has 0 unspecified atom stereocenters. The van der Waals surface area contributed by atoms with Crippen LogP contribution in [-0.2, 0) is 23.9 Å². The standard InChI is InChI=1S/C25H40O8/c1-14-8-7-9-15(2)24(33-25(31)23(30)19(26)11-10-14)17(4)12-16(3)22(29)18(5)20(32-6)13-21(27)28/h10-12,14-16,18-20,23-24,26,30H,7-9,13H2,1-6H3,(H,27,28)/b11-10+,17-12+/t14-,15+,16-,18-,19-,20+,23-,24+/m1/s1. The van der Waals surface area contributed by atoms with Crippen LogP contribution in [0.3, 0.4) is 0 Å². The zero-order valence-electron chi connectivity index (χ0n) is 20.6. The Hall–Kier alpha value is -2.03. The van der Waals surface area contributed by atoms with Crippen LogP contribution in [0.2, 0.25) is 0 Å². The lowest BCUT2D eigenvalue weighted by molar-refractivity contribution is -0.164. The van der Waals surface area contributed by atoms with Crippen LogP contribution in [0.15, 0.2) is 23.8 Å². The molecule has 1 aliphatic rings. The fourth-order valence-corrected chi connectivity index (χ4v) is 4.22. The highest BCUT2D eigenvalue weighted by molar-refractivity contribution is 5.85. The summed E-state index contributed by atoms with van der Waals surface area (Å²) in [6, 6.07) is 0. The van der Waals surface area contributed by atoms with E-state index in [4.69, 9.17) is 14.6 Å². The van der Waals surface area contributed by atoms with E-state index in [1.807, 2.05) is 13.8 Å². The zero-order chi connectivity index (χ0) is 25.3. The van der Waals surface area contributed by atoms with E-state index in [1.165, 1.54) is 13.2 Å². The molecule has 0 saturated carbocycles. The molecule has 0 fully saturated rings. The topological polar surface area (TPSA) is 130 Å². The molecule has 0 saturated heterocycles. The number of aliphatic hydroxyl groups excluding tert-OH is 2. The molecule has 8 nitrogen and oxygen atoms in total. The van der Waals surface area contributed by atoms with Crippen LogP contribution in [0.4, 0.5) is 0 Å². The Morgan fingerprint density at radius 3 is 2.42 bits per heavy atom. The first-order chi connectivity index (χ1) is 15.4. The van der Waals surface area contributed by atoms with Crippen LogP contribution in [0.5, 0.6) is 0 Å². The third-order valence-electron chi connectivity index (χ3n) is 6.38. The van der Waals surface area contributed by atoms with Crippen molar-refractivity contribution in [3.8, 4) is 0 Å². The third kappa shape index (κ3) is 9.02. The molecule has 33 heavy (non-hydrogen) atoms. The first-order valence-electron chi connectivity index (χ1n) is 11.6. The van der Waals surface area contributed by atoms with Crippen molar-refractivity contribution >= 4 is 17.7 Å². The van der Waals surface area contributed by atoms with Gasteiger partial charge in [0.1, 0.15) is 18.0 Å². The van der Waals surface area contributed by atoms with Crippen molar-refractivity contribution in [1.29, 1.82) is 0 Å². The summed E-state index contributed by atoms with van der Waals surface area (Å²) < 4.78 is 10.8. The molecular weight excluding hydrogens is 428 g/mol. The lowest BCUT2D eigenvalue weighted by Gasteiger charge is -2.28. The zero-order valence-corrected chi connectivity index (χ0v) is 20.6. The van der Waals surface area contributed by atoms with Crippen molar-refractivity contribution in [3.05, 3.63) is 23.8 Å². The van der Waals surface area contributed by atoms with Gasteiger partial charge in [-0.1, -0.05) is 52.3 Å². The molecule has 188 valence electrons. The van der Waals surface area contributed by atoms with Gasteiger partial charge in [0.15, 0.2) is 6.10 Å². The molecule has 0 bridgehead atoms. The average molecular weight is 469 g/mol. The van der Waals surface area contributed by atoms with Crippen molar-refractivity contribution in [2.75, 3.05) is 7.11 Å². The normalized spacial score (nSPS) is 31.3. The maximum Gasteiger partial charge on any atom is 0.338 e. The molecule has 8 heteroatoms. The Bertz CT molecular complexity index is 728. The predicted octanol–water partition coefficient (Wildman–Crippen LogP) is 2.91. The van der Waals surface area contributed by atoms with Gasteiger partial charge in [-0.05, 0) is 37.2 Å². The van der Waals surface area contributed by atoms with Gasteiger partial charge < -0.3 is 24.8 Å². The Kier molecular flexibility index (Phi) is 12.0. The first kappa shape index (κ1) is 29.0. The van der Waals surface area contributed by atoms with Gasteiger partial charge in [-0.3, -0.25) is 9.59 Å². The van der Waals surface area contributed by atoms with Gasteiger partial charge in [-0.25, -0.2) is 4.79 Å². The quantitative estimate of drug-likeness (QED) is 0.366. The van der Waals surface area contributed by atoms with Gasteiger partial charge in [-0.15, -0.1) is 0 Å². The van der Waals surface area contributed by atoms with E-state index >= 15 is 0 Å². The van der Waals surface area contributed by atoms with Crippen LogP contribution >= 0.6 is 0 Å². The van der Waals surface area contributed by atoms with Gasteiger partial charge in [0.2, 0.25) is 0 Å². The second kappa shape index (κ2) is 13.6. The molecule has 0 aromatic rings. The molecular formula is C25H40O8. The van der Waals surface area contributed by atoms with Crippen LogP contribution in [0, 0.1) is 23.7 Å². The van der Waals surface area contributed by atoms with Crippen molar-refractivity contribution in [2.45, 2.75) is 84.7 Å². The Labute approximate surface area is 196 Å². The molecule has 8 atom stereocenters. The van der Waals surface area contributed by atoms with Crippen molar-refractivity contribution in [1.82, 2.24) is 0 Å². The van der Waals surface area contributed by atoms with Crippen LogP contribution in [0.1, 0.15) is 60.3 Å². The molecule has 1 heterocycles. The van der Waals surface area contributed by atoms with Crippen molar-refractivity contribution < 1.29 is 39.2 Å². The lowest BCUT2D eigenvalue weighted by atomic mass is 9.86. The van der Waals surface area contributed by atoms with E-state index in [2.05, 4.69) is 0 Å². The van der Waals surface area contributed by atoms with E-state index in [0.717, 1.165) is 19.3 Å². The van der Waals surface area contributed by atoms with E-state index in [-0.39, 0.29) is 24.0 Å². The summed E-state index contributed by atoms with van der Waals surface area (Å²) in [5.41, 5.74) is 0.665. The summed E-state index contributed by atoms with van der Waals surface area (Å²) in [4.78, 5) is 36.5. The smallest absolute Gasteiger partial charge is 0.338 e. The number of carboxylic acids is 1. The van der Waals surface area contributed by atoms with E-state index < -0.39 is 48.2 Å². The molecule has 1 aliphatic heterocycles. The molecule has 1 rings (SSSR count). The first-order valence-corrected chi connectivity index (χ1v) is 11.6. The summed E-state index contributed by atoms with van der Waals surface area (Å²) >= 11 is 0. The summed E-state index contributed by atoms with van der Waals surface area (Å²) in [6.45, 7) is 9.09. The third-order valence-corrected chi connectivity index (χ3v) is 6.38. The number of hydrogen-bond donors (Lipinski definition) is 3. The number of cyclic esters (lactones) is 1. The number of carboxylic acid groups (broad SMARTS) is 1.